The fourth-order valence-electron chi connectivity index (χ4n) is 5.63. The molecule has 0 bridgehead atoms. The van der Waals surface area contributed by atoms with E-state index in [1.807, 2.05) is 72.2 Å². The Labute approximate surface area is 271 Å². The van der Waals surface area contributed by atoms with Gasteiger partial charge in [-0.25, -0.2) is 18.2 Å². The van der Waals surface area contributed by atoms with Crippen molar-refractivity contribution >= 4 is 39.0 Å². The highest BCUT2D eigenvalue weighted by molar-refractivity contribution is 7.88. The Morgan fingerprint density at radius 1 is 0.957 bits per heavy atom. The smallest absolute Gasteiger partial charge is 0.319 e. The van der Waals surface area contributed by atoms with Crippen LogP contribution in [-0.2, 0) is 15.4 Å². The summed E-state index contributed by atoms with van der Waals surface area (Å²) in [5, 5.41) is 8.94. The van der Waals surface area contributed by atoms with Crippen molar-refractivity contribution in [3.05, 3.63) is 83.8 Å². The molecular weight excluding hydrogens is 602 g/mol. The second kappa shape index (κ2) is 13.6. The highest BCUT2D eigenvalue weighted by atomic mass is 32.2. The predicted octanol–water partition coefficient (Wildman–Crippen LogP) is 4.95. The molecule has 1 aliphatic heterocycles. The van der Waals surface area contributed by atoms with E-state index in [0.717, 1.165) is 35.2 Å². The number of piperazine rings is 1. The zero-order chi connectivity index (χ0) is 33.1. The maximum Gasteiger partial charge on any atom is 0.319 e. The monoisotopic (exact) mass is 645 g/mol. The molecule has 2 aromatic carbocycles. The number of carbonyl (C=O) groups excluding carboxylic acids is 2. The topological polar surface area (TPSA) is 128 Å². The Kier molecular flexibility index (Phi) is 9.80. The highest BCUT2D eigenvalue weighted by Gasteiger charge is 2.23. The molecule has 11 nitrogen and oxygen atoms in total. The van der Waals surface area contributed by atoms with Crippen molar-refractivity contribution in [2.75, 3.05) is 56.2 Å². The van der Waals surface area contributed by atoms with Gasteiger partial charge in [-0.15, -0.1) is 0 Å². The molecular formula is C34H43N7O4S. The minimum atomic E-state index is -3.16. The first-order valence-electron chi connectivity index (χ1n) is 15.5. The number of sulfonamides is 1. The van der Waals surface area contributed by atoms with Crippen LogP contribution >= 0.6 is 0 Å². The Bertz CT molecular complexity index is 1820. The molecule has 0 spiro atoms. The number of carbonyl (C=O) groups is 2. The van der Waals surface area contributed by atoms with Gasteiger partial charge in [0.25, 0.3) is 5.91 Å². The number of imidazole rings is 1. The number of fused-ring (bicyclic) bond motifs is 1. The molecule has 0 aliphatic carbocycles. The molecule has 0 radical (unpaired) electrons. The molecule has 3 N–H and O–H groups in total. The lowest BCUT2D eigenvalue weighted by atomic mass is 9.86. The third-order valence-electron chi connectivity index (χ3n) is 8.38. The fraction of sp³-hybridized carbons (Fsp3) is 0.382. The maximum atomic E-state index is 13.1. The van der Waals surface area contributed by atoms with Crippen molar-refractivity contribution in [2.45, 2.75) is 39.5 Å². The van der Waals surface area contributed by atoms with Crippen LogP contribution in [0.4, 0.5) is 16.2 Å². The molecule has 12 heteroatoms. The van der Waals surface area contributed by atoms with E-state index in [0.29, 0.717) is 55.3 Å². The number of rotatable bonds is 9. The number of aromatic nitrogens is 2. The van der Waals surface area contributed by atoms with Gasteiger partial charge in [0.05, 0.1) is 11.9 Å². The van der Waals surface area contributed by atoms with Gasteiger partial charge in [0.1, 0.15) is 0 Å². The SMILES string of the molecule is Cc1c(NC(=O)c2ccc(C(C)(C)C)cc2)cccc1-c1cc(NC(=O)NCCCN2CCN(S(C)(=O)=O)CC2)c2nccn2c1. The number of urea groups is 1. The van der Waals surface area contributed by atoms with Crippen LogP contribution in [0.2, 0.25) is 0 Å². The molecule has 1 fully saturated rings. The molecule has 244 valence electrons. The van der Waals surface area contributed by atoms with Crippen molar-refractivity contribution in [1.29, 1.82) is 0 Å². The molecule has 1 saturated heterocycles. The molecule has 1 aliphatic rings. The van der Waals surface area contributed by atoms with Crippen molar-refractivity contribution in [1.82, 2.24) is 23.9 Å². The summed E-state index contributed by atoms with van der Waals surface area (Å²) in [6.45, 7) is 12.0. The number of anilines is 2. The second-order valence-corrected chi connectivity index (χ2v) is 14.8. The Hall–Kier alpha value is -4.26. The summed E-state index contributed by atoms with van der Waals surface area (Å²) in [4.78, 5) is 32.7. The minimum Gasteiger partial charge on any atom is -0.338 e. The summed E-state index contributed by atoms with van der Waals surface area (Å²) in [5.74, 6) is -0.180. The number of hydrogen-bond acceptors (Lipinski definition) is 6. The third-order valence-corrected chi connectivity index (χ3v) is 9.68. The molecule has 4 aromatic rings. The van der Waals surface area contributed by atoms with E-state index < -0.39 is 10.0 Å². The Morgan fingerprint density at radius 2 is 1.67 bits per heavy atom. The van der Waals surface area contributed by atoms with Crippen LogP contribution in [0, 0.1) is 6.92 Å². The summed E-state index contributed by atoms with van der Waals surface area (Å²) < 4.78 is 26.8. The fourth-order valence-corrected chi connectivity index (χ4v) is 6.45. The molecule has 0 atom stereocenters. The van der Waals surface area contributed by atoms with E-state index in [4.69, 9.17) is 0 Å². The van der Waals surface area contributed by atoms with Gasteiger partial charge < -0.3 is 25.3 Å². The summed E-state index contributed by atoms with van der Waals surface area (Å²) >= 11 is 0. The van der Waals surface area contributed by atoms with Crippen LogP contribution in [0.25, 0.3) is 16.8 Å². The quantitative estimate of drug-likeness (QED) is 0.221. The highest BCUT2D eigenvalue weighted by Crippen LogP contribution is 2.32. The summed E-state index contributed by atoms with van der Waals surface area (Å²) in [7, 11) is -3.16. The first-order valence-corrected chi connectivity index (χ1v) is 17.4. The lowest BCUT2D eigenvalue weighted by Crippen LogP contribution is -2.48. The third kappa shape index (κ3) is 7.93. The summed E-state index contributed by atoms with van der Waals surface area (Å²) in [5.41, 5.74) is 6.31. The molecule has 3 heterocycles. The number of benzene rings is 2. The van der Waals surface area contributed by atoms with Crippen molar-refractivity contribution in [3.63, 3.8) is 0 Å². The van der Waals surface area contributed by atoms with Crippen molar-refractivity contribution in [3.8, 4) is 11.1 Å². The van der Waals surface area contributed by atoms with Crippen molar-refractivity contribution < 1.29 is 18.0 Å². The average molecular weight is 646 g/mol. The largest absolute Gasteiger partial charge is 0.338 e. The lowest BCUT2D eigenvalue weighted by molar-refractivity contribution is 0.102. The number of nitrogens with zero attached hydrogens (tertiary/aromatic N) is 4. The average Bonchev–Trinajstić information content (AvgIpc) is 3.49. The van der Waals surface area contributed by atoms with Crippen LogP contribution in [-0.4, -0.2) is 84.5 Å². The van der Waals surface area contributed by atoms with E-state index in [1.54, 1.807) is 6.20 Å². The summed E-state index contributed by atoms with van der Waals surface area (Å²) in [6, 6.07) is 15.0. The van der Waals surface area contributed by atoms with E-state index >= 15 is 0 Å². The Morgan fingerprint density at radius 3 is 2.35 bits per heavy atom. The summed E-state index contributed by atoms with van der Waals surface area (Å²) in [6.07, 6.45) is 7.44. The van der Waals surface area contributed by atoms with Crippen LogP contribution in [0.1, 0.15) is 48.7 Å². The van der Waals surface area contributed by atoms with Gasteiger partial charge in [0.2, 0.25) is 10.0 Å². The van der Waals surface area contributed by atoms with Gasteiger partial charge in [-0.05, 0) is 66.3 Å². The van der Waals surface area contributed by atoms with Gasteiger partial charge in [-0.2, -0.15) is 4.31 Å². The maximum absolute atomic E-state index is 13.1. The number of amides is 3. The Balaban J connectivity index is 1.23. The zero-order valence-corrected chi connectivity index (χ0v) is 27.9. The minimum absolute atomic E-state index is 0.00533. The van der Waals surface area contributed by atoms with Crippen LogP contribution in [0.15, 0.2) is 67.1 Å². The van der Waals surface area contributed by atoms with E-state index in [2.05, 4.69) is 46.6 Å². The molecule has 46 heavy (non-hydrogen) atoms. The number of hydrogen-bond donors (Lipinski definition) is 3. The lowest BCUT2D eigenvalue weighted by Gasteiger charge is -2.33. The van der Waals surface area contributed by atoms with E-state index in [-0.39, 0.29) is 17.4 Å². The first kappa shape index (κ1) is 33.1. The molecule has 5 rings (SSSR count). The van der Waals surface area contributed by atoms with Crippen LogP contribution in [0.5, 0.6) is 0 Å². The van der Waals surface area contributed by atoms with Gasteiger partial charge in [-0.3, -0.25) is 4.79 Å². The standard InChI is InChI=1S/C34H43N7O4S/c1-24-28(8-6-9-29(24)37-32(42)25-10-12-27(13-11-25)34(2,3)4)26-22-30(31-35-15-17-40(31)23-26)38-33(43)36-14-7-16-39-18-20-41(21-19-39)46(5,44)45/h6,8-13,15,17,22-23H,7,14,16,18-21H2,1-5H3,(H,37,42)(H2,36,38,43). The molecule has 0 saturated carbocycles. The van der Waals surface area contributed by atoms with Gasteiger partial charge in [-0.1, -0.05) is 45.0 Å². The van der Waals surface area contributed by atoms with E-state index in [1.165, 1.54) is 10.6 Å². The number of pyridine rings is 1. The van der Waals surface area contributed by atoms with E-state index in [9.17, 15) is 18.0 Å². The molecule has 3 amide bonds. The van der Waals surface area contributed by atoms with Crippen LogP contribution < -0.4 is 16.0 Å². The molecule has 2 aromatic heterocycles. The second-order valence-electron chi connectivity index (χ2n) is 12.8. The van der Waals surface area contributed by atoms with Gasteiger partial charge in [0.15, 0.2) is 5.65 Å². The predicted molar refractivity (Wildman–Crippen MR) is 183 cm³/mol. The van der Waals surface area contributed by atoms with Gasteiger partial charge in [0, 0.05) is 68.1 Å². The van der Waals surface area contributed by atoms with Crippen LogP contribution in [0.3, 0.4) is 0 Å². The zero-order valence-electron chi connectivity index (χ0n) is 27.1. The van der Waals surface area contributed by atoms with Gasteiger partial charge >= 0.3 is 6.03 Å². The van der Waals surface area contributed by atoms with Crippen molar-refractivity contribution in [2.24, 2.45) is 0 Å². The molecule has 0 unspecified atom stereocenters. The first-order chi connectivity index (χ1) is 21.8. The normalized spacial score (nSPS) is 14.7. The number of nitrogens with one attached hydrogen (secondary N) is 3.